The van der Waals surface area contributed by atoms with Crippen LogP contribution in [-0.2, 0) is 4.79 Å². The Bertz CT molecular complexity index is 878. The fourth-order valence-corrected chi connectivity index (χ4v) is 13.0. The van der Waals surface area contributed by atoms with Crippen molar-refractivity contribution >= 4 is 25.2 Å². The van der Waals surface area contributed by atoms with Crippen LogP contribution < -0.4 is 4.46 Å². The molecule has 0 amide bonds. The number of Topliss-reactive ketones (excluding diaryl/α,β-unsaturated/α-hetero) is 1. The summed E-state index contributed by atoms with van der Waals surface area (Å²) in [6.07, 6.45) is 14.8. The molecule has 0 aliphatic heterocycles. The van der Waals surface area contributed by atoms with Gasteiger partial charge in [0.2, 0.25) is 0 Å². The summed E-state index contributed by atoms with van der Waals surface area (Å²) in [5, 5.41) is 0. The molecule has 0 spiro atoms. The van der Waals surface area contributed by atoms with Gasteiger partial charge in [0.1, 0.15) is 0 Å². The molecule has 1 nitrogen and oxygen atoms in total. The fourth-order valence-electron chi connectivity index (χ4n) is 9.93. The van der Waals surface area contributed by atoms with Crippen LogP contribution in [0.5, 0.6) is 0 Å². The van der Waals surface area contributed by atoms with Crippen molar-refractivity contribution < 1.29 is 4.79 Å². The van der Waals surface area contributed by atoms with Gasteiger partial charge in [-0.3, -0.25) is 0 Å². The number of ketones is 1. The van der Waals surface area contributed by atoms with Gasteiger partial charge in [-0.2, -0.15) is 0 Å². The van der Waals surface area contributed by atoms with E-state index in [0.717, 1.165) is 48.3 Å². The summed E-state index contributed by atoms with van der Waals surface area (Å²) in [4.78, 5) is 13.6. The number of benzene rings is 1. The minimum atomic E-state index is 0.282. The van der Waals surface area contributed by atoms with Crippen LogP contribution in [0.2, 0.25) is 4.82 Å². The van der Waals surface area contributed by atoms with Gasteiger partial charge in [0.25, 0.3) is 0 Å². The van der Waals surface area contributed by atoms with Crippen molar-refractivity contribution in [3.8, 4) is 0 Å². The molecule has 0 heterocycles. The molecule has 0 unspecified atom stereocenters. The molecule has 9 atom stereocenters. The van der Waals surface area contributed by atoms with Gasteiger partial charge in [0.05, 0.1) is 0 Å². The average Bonchev–Trinajstić information content (AvgIpc) is 3.19. The minimum absolute atomic E-state index is 0.282. The van der Waals surface area contributed by atoms with Crippen LogP contribution in [0.4, 0.5) is 0 Å². The van der Waals surface area contributed by atoms with Gasteiger partial charge in [-0.1, -0.05) is 13.8 Å². The van der Waals surface area contributed by atoms with Crippen molar-refractivity contribution in [1.82, 2.24) is 0 Å². The van der Waals surface area contributed by atoms with Gasteiger partial charge in [0.15, 0.2) is 0 Å². The van der Waals surface area contributed by atoms with E-state index in [1.165, 1.54) is 62.2 Å². The second-order valence-corrected chi connectivity index (χ2v) is 16.5. The Morgan fingerprint density at radius 3 is 2.31 bits per heavy atom. The zero-order valence-electron chi connectivity index (χ0n) is 23.1. The molecule has 35 heavy (non-hydrogen) atoms. The first-order valence-electron chi connectivity index (χ1n) is 15.0. The van der Waals surface area contributed by atoms with Gasteiger partial charge in [-0.15, -0.1) is 0 Å². The maximum atomic E-state index is 13.3. The van der Waals surface area contributed by atoms with Crippen LogP contribution in [0.25, 0.3) is 0 Å². The zero-order chi connectivity index (χ0) is 24.8. The molecule has 5 rings (SSSR count). The molecule has 0 radical (unpaired) electrons. The van der Waals surface area contributed by atoms with Gasteiger partial charge in [-0.25, -0.2) is 0 Å². The van der Waals surface area contributed by atoms with E-state index in [-0.39, 0.29) is 15.0 Å². The van der Waals surface area contributed by atoms with Crippen LogP contribution in [0.15, 0.2) is 30.3 Å². The molecule has 4 fully saturated rings. The average molecular weight is 542 g/mol. The van der Waals surface area contributed by atoms with E-state index in [4.69, 9.17) is 0 Å². The third-order valence-corrected chi connectivity index (χ3v) is 14.7. The molecule has 4 aliphatic carbocycles. The maximum absolute atomic E-state index is 13.3. The van der Waals surface area contributed by atoms with Gasteiger partial charge in [0, 0.05) is 0 Å². The van der Waals surface area contributed by atoms with Crippen molar-refractivity contribution in [2.24, 2.45) is 52.3 Å². The van der Waals surface area contributed by atoms with Crippen LogP contribution in [0.3, 0.4) is 0 Å². The van der Waals surface area contributed by atoms with Crippen LogP contribution in [0, 0.1) is 52.3 Å². The Morgan fingerprint density at radius 1 is 0.857 bits per heavy atom. The number of carbonyl (C=O) groups excluding carboxylic acids is 1. The molecule has 0 bridgehead atoms. The van der Waals surface area contributed by atoms with E-state index in [1.54, 1.807) is 0 Å². The van der Waals surface area contributed by atoms with E-state index in [9.17, 15) is 4.79 Å². The van der Waals surface area contributed by atoms with Gasteiger partial charge in [-0.05, 0) is 5.92 Å². The molecular weight excluding hydrogens is 491 g/mol. The van der Waals surface area contributed by atoms with Crippen molar-refractivity contribution in [2.75, 3.05) is 0 Å². The predicted molar refractivity (Wildman–Crippen MR) is 149 cm³/mol. The molecule has 194 valence electrons. The fraction of sp³-hybridized carbons (Fsp3) is 0.788. The third-order valence-electron chi connectivity index (χ3n) is 11.7. The Balaban J connectivity index is 1.32. The standard InChI is InChI=1S/C33H50OSe/c1-22(2)10-9-11-23(3)26-16-17-27-25-14-15-29-31(35-24-12-7-6-8-13-24)30(34)19-21-33(29,5)28(25)18-20-32(26,27)4/h6-8,12-13,22-23,25-29,31H,9-11,14-21H2,1-5H3/t23-,25+,26-,27+,28+,29+,31-,32-,33-/m1/s1. The summed E-state index contributed by atoms with van der Waals surface area (Å²) in [7, 11) is 0. The van der Waals surface area contributed by atoms with E-state index in [0.29, 0.717) is 27.3 Å². The number of fused-ring (bicyclic) bond motifs is 5. The molecular formula is C33H50OSe. The van der Waals surface area contributed by atoms with Crippen molar-refractivity contribution in [3.05, 3.63) is 30.3 Å². The van der Waals surface area contributed by atoms with Crippen molar-refractivity contribution in [1.29, 1.82) is 0 Å². The number of carbonyl (C=O) groups is 1. The molecule has 0 N–H and O–H groups in total. The molecule has 0 saturated heterocycles. The Kier molecular flexibility index (Phi) is 7.65. The summed E-state index contributed by atoms with van der Waals surface area (Å²) < 4.78 is 1.42. The summed E-state index contributed by atoms with van der Waals surface area (Å²) in [5.74, 6) is 6.60. The van der Waals surface area contributed by atoms with E-state index >= 15 is 0 Å². The second-order valence-electron chi connectivity index (χ2n) is 13.9. The Hall–Kier alpha value is -0.591. The predicted octanol–water partition coefficient (Wildman–Crippen LogP) is 8.10. The topological polar surface area (TPSA) is 17.1 Å². The summed E-state index contributed by atoms with van der Waals surface area (Å²) in [5.41, 5.74) is 0.958. The summed E-state index contributed by atoms with van der Waals surface area (Å²) in [6, 6.07) is 10.9. The van der Waals surface area contributed by atoms with E-state index in [1.807, 2.05) is 0 Å². The van der Waals surface area contributed by atoms with Crippen molar-refractivity contribution in [2.45, 2.75) is 110 Å². The van der Waals surface area contributed by atoms with Crippen LogP contribution in [-0.4, -0.2) is 20.7 Å². The Labute approximate surface area is 222 Å². The first kappa shape index (κ1) is 26.0. The number of rotatable bonds is 7. The molecule has 1 aromatic rings. The van der Waals surface area contributed by atoms with Crippen molar-refractivity contribution in [3.63, 3.8) is 0 Å². The number of hydrogen-bond acceptors (Lipinski definition) is 1. The van der Waals surface area contributed by atoms with Crippen LogP contribution >= 0.6 is 0 Å². The first-order chi connectivity index (χ1) is 16.7. The Morgan fingerprint density at radius 2 is 1.57 bits per heavy atom. The zero-order valence-corrected chi connectivity index (χ0v) is 24.8. The van der Waals surface area contributed by atoms with Gasteiger partial charge >= 0.3 is 203 Å². The summed E-state index contributed by atoms with van der Waals surface area (Å²) >= 11 is 0.282. The molecule has 1 aromatic carbocycles. The first-order valence-corrected chi connectivity index (χ1v) is 16.8. The molecule has 4 aliphatic rings. The SMILES string of the molecule is CC(C)CCC[C@@H](C)[C@H]1CC[C@H]2[C@@H]3CC[C@H]4[C@@H]([Se]c5ccccc5)C(=O)CC[C@]4(C)[C@H]3CC[C@]12C. The normalized spacial score (nSPS) is 41.8. The summed E-state index contributed by atoms with van der Waals surface area (Å²) in [6.45, 7) is 12.7. The monoisotopic (exact) mass is 542 g/mol. The van der Waals surface area contributed by atoms with E-state index in [2.05, 4.69) is 65.0 Å². The second kappa shape index (κ2) is 10.3. The van der Waals surface area contributed by atoms with Crippen LogP contribution in [0.1, 0.15) is 105 Å². The molecule has 2 heteroatoms. The molecule has 0 aromatic heterocycles. The molecule has 4 saturated carbocycles. The third kappa shape index (κ3) is 4.74. The van der Waals surface area contributed by atoms with Gasteiger partial charge < -0.3 is 0 Å². The number of hydrogen-bond donors (Lipinski definition) is 0. The van der Waals surface area contributed by atoms with E-state index < -0.39 is 0 Å². The quantitative estimate of drug-likeness (QED) is 0.319.